The van der Waals surface area contributed by atoms with E-state index in [0.717, 1.165) is 83.7 Å². The number of fused-ring (bicyclic) bond motifs is 2. The van der Waals surface area contributed by atoms with E-state index < -0.39 is 24.3 Å². The first kappa shape index (κ1) is 42.9. The fourth-order valence-corrected chi connectivity index (χ4v) is 7.76. The Kier molecular flexibility index (Phi) is 14.4. The van der Waals surface area contributed by atoms with E-state index in [-0.39, 0.29) is 36.2 Å². The maximum absolute atomic E-state index is 13.8. The first-order valence-corrected chi connectivity index (χ1v) is 20.7. The number of imidazole rings is 2. The quantitative estimate of drug-likeness (QED) is 0.131. The number of aromatic amines is 2. The first-order chi connectivity index (χ1) is 28.5. The number of methoxy groups -OCH3 is 2. The van der Waals surface area contributed by atoms with Gasteiger partial charge in [-0.15, -0.1) is 0 Å². The zero-order valence-corrected chi connectivity index (χ0v) is 35.0. The van der Waals surface area contributed by atoms with Gasteiger partial charge < -0.3 is 44.6 Å². The van der Waals surface area contributed by atoms with Gasteiger partial charge in [-0.05, 0) is 48.6 Å². The summed E-state index contributed by atoms with van der Waals surface area (Å²) in [5.74, 6) is 0.808. The fraction of sp³-hybridized carbons (Fsp3) is 0.500. The average Bonchev–Trinajstić information content (AvgIpc) is 4.02. The minimum absolute atomic E-state index is 0.110. The number of nitrogens with one attached hydrogen (secondary N) is 4. The number of hydrogen-bond acceptors (Lipinski definition) is 9. The first-order valence-electron chi connectivity index (χ1n) is 20.7. The van der Waals surface area contributed by atoms with Crippen molar-refractivity contribution in [3.05, 3.63) is 72.1 Å². The maximum atomic E-state index is 13.8. The predicted octanol–water partition coefficient (Wildman–Crippen LogP) is 6.98. The largest absolute Gasteiger partial charge is 0.453 e. The van der Waals surface area contributed by atoms with Gasteiger partial charge in [0.15, 0.2) is 0 Å². The second-order valence-corrected chi connectivity index (χ2v) is 16.0. The third-order valence-electron chi connectivity index (χ3n) is 11.1. The highest BCUT2D eigenvalue weighted by molar-refractivity contribution is 5.87. The summed E-state index contributed by atoms with van der Waals surface area (Å²) in [6.07, 6.45) is 5.96. The zero-order chi connectivity index (χ0) is 42.1. The van der Waals surface area contributed by atoms with Crippen LogP contribution >= 0.6 is 0 Å². The van der Waals surface area contributed by atoms with Crippen molar-refractivity contribution in [1.29, 1.82) is 0 Å². The number of hydrogen-bond donors (Lipinski definition) is 4. The van der Waals surface area contributed by atoms with Gasteiger partial charge in [0.05, 0.1) is 50.5 Å². The summed E-state index contributed by atoms with van der Waals surface area (Å²) in [5.41, 5.74) is 6.34. The van der Waals surface area contributed by atoms with Crippen molar-refractivity contribution in [3.63, 3.8) is 0 Å². The lowest BCUT2D eigenvalue weighted by atomic mass is 10.0. The van der Waals surface area contributed by atoms with Crippen LogP contribution in [0.25, 0.3) is 33.6 Å². The Hall–Kier alpha value is -5.70. The lowest BCUT2D eigenvalue weighted by Gasteiger charge is -2.29. The molecule has 316 valence electrons. The Morgan fingerprint density at radius 1 is 0.746 bits per heavy atom. The summed E-state index contributed by atoms with van der Waals surface area (Å²) in [5, 5.41) is 5.42. The highest BCUT2D eigenvalue weighted by Crippen LogP contribution is 2.34. The van der Waals surface area contributed by atoms with Gasteiger partial charge in [-0.25, -0.2) is 19.6 Å². The third-order valence-corrected chi connectivity index (χ3v) is 11.1. The van der Waals surface area contributed by atoms with E-state index in [1.165, 1.54) is 14.2 Å². The topological polar surface area (TPSA) is 184 Å². The van der Waals surface area contributed by atoms with Gasteiger partial charge in [0, 0.05) is 37.0 Å². The summed E-state index contributed by atoms with van der Waals surface area (Å²) < 4.78 is 15.6. The van der Waals surface area contributed by atoms with Crippen LogP contribution in [0.15, 0.2) is 54.7 Å². The molecule has 4 N–H and O–H groups in total. The van der Waals surface area contributed by atoms with Gasteiger partial charge in [-0.1, -0.05) is 89.1 Å². The summed E-state index contributed by atoms with van der Waals surface area (Å²) in [7, 11) is 2.58. The predicted molar refractivity (Wildman–Crippen MR) is 223 cm³/mol. The molecular formula is C44H58N8O7. The monoisotopic (exact) mass is 810 g/mol. The summed E-state index contributed by atoms with van der Waals surface area (Å²) >= 11 is 0. The molecule has 15 heteroatoms. The molecule has 2 aliphatic rings. The number of carbonyl (C=O) groups excluding carboxylic acids is 4. The molecule has 2 bridgehead atoms. The van der Waals surface area contributed by atoms with Crippen molar-refractivity contribution in [1.82, 2.24) is 40.4 Å². The maximum Gasteiger partial charge on any atom is 0.407 e. The van der Waals surface area contributed by atoms with Crippen LogP contribution in [0, 0.1) is 11.8 Å². The molecule has 0 saturated carbocycles. The van der Waals surface area contributed by atoms with Crippen LogP contribution in [0.4, 0.5) is 9.59 Å². The third kappa shape index (κ3) is 10.5. The molecule has 0 aliphatic carbocycles. The second kappa shape index (κ2) is 19.8. The molecule has 4 amide bonds. The lowest BCUT2D eigenvalue weighted by Crippen LogP contribution is -2.51. The molecule has 4 aromatic rings. The number of aromatic nitrogens is 4. The number of likely N-dealkylation sites (tertiary alicyclic amines) is 1. The minimum Gasteiger partial charge on any atom is -0.453 e. The number of carbonyl (C=O) groups is 4. The Balaban J connectivity index is 1.16. The van der Waals surface area contributed by atoms with Crippen molar-refractivity contribution in [3.8, 4) is 33.6 Å². The van der Waals surface area contributed by atoms with Crippen molar-refractivity contribution in [2.45, 2.75) is 97.5 Å². The van der Waals surface area contributed by atoms with E-state index in [0.29, 0.717) is 32.1 Å². The van der Waals surface area contributed by atoms with Crippen molar-refractivity contribution < 1.29 is 33.4 Å². The van der Waals surface area contributed by atoms with Gasteiger partial charge in [0.1, 0.15) is 23.7 Å². The Morgan fingerprint density at radius 2 is 1.34 bits per heavy atom. The average molecular weight is 811 g/mol. The number of benzene rings is 2. The van der Waals surface area contributed by atoms with Gasteiger partial charge in [0.2, 0.25) is 11.8 Å². The molecule has 0 radical (unpaired) electrons. The van der Waals surface area contributed by atoms with E-state index in [2.05, 4.69) is 44.9 Å². The number of rotatable bonds is 10. The molecule has 2 aliphatic heterocycles. The van der Waals surface area contributed by atoms with Gasteiger partial charge >= 0.3 is 12.2 Å². The number of H-pyrrole nitrogens is 2. The van der Waals surface area contributed by atoms with E-state index in [1.54, 1.807) is 9.80 Å². The van der Waals surface area contributed by atoms with Crippen LogP contribution in [0.1, 0.15) is 89.6 Å². The molecule has 0 unspecified atom stereocenters. The highest BCUT2D eigenvalue weighted by atomic mass is 16.5. The molecule has 15 nitrogen and oxygen atoms in total. The molecule has 1 saturated heterocycles. The lowest BCUT2D eigenvalue weighted by molar-refractivity contribution is -0.136. The normalized spacial score (nSPS) is 17.4. The molecule has 2 aromatic carbocycles. The van der Waals surface area contributed by atoms with Gasteiger partial charge in [-0.2, -0.15) is 0 Å². The highest BCUT2D eigenvalue weighted by Gasteiger charge is 2.37. The summed E-state index contributed by atoms with van der Waals surface area (Å²) in [6, 6.07) is 14.8. The molecule has 6 rings (SSSR count). The van der Waals surface area contributed by atoms with Crippen molar-refractivity contribution in [2.24, 2.45) is 11.8 Å². The standard InChI is InChI=1S/C44H58N8O7/c1-27(2)37(49-43(55)57-5)41(53)51-21-9-7-8-10-23-59-26-34-39(48-36(25-51)46-34)32-19-15-30(16-20-32)29-13-17-31(18-14-29)33-24-45-40(47-33)35-12-11-22-52(35)42(54)38(28(3)4)50-44(56)58-6/h13-20,24,27-28,35,37-38H,7-12,21-23,25-26H2,1-6H3,(H,45,47)(H,46,48)(H,49,55)(H,50,56)/t35-,37-,38-/m0/s1. The zero-order valence-electron chi connectivity index (χ0n) is 35.0. The van der Waals surface area contributed by atoms with Crippen LogP contribution < -0.4 is 10.6 Å². The molecule has 0 spiro atoms. The van der Waals surface area contributed by atoms with E-state index in [1.807, 2.05) is 58.2 Å². The summed E-state index contributed by atoms with van der Waals surface area (Å²) in [4.78, 5) is 71.8. The van der Waals surface area contributed by atoms with Crippen LogP contribution in [0.3, 0.4) is 0 Å². The van der Waals surface area contributed by atoms with E-state index in [4.69, 9.17) is 24.2 Å². The number of ether oxygens (including phenoxy) is 3. The molecular weight excluding hydrogens is 753 g/mol. The molecule has 4 heterocycles. The molecule has 1 fully saturated rings. The molecule has 59 heavy (non-hydrogen) atoms. The SMILES string of the molecule is COC(=O)N[C@H](C(=O)N1CCCCCCOCc2[nH]c(nc2-c2ccc(-c3ccc(-c4c[nH]c([C@@H]5CCCN5C(=O)[C@@H](NC(=O)OC)C(C)C)n4)cc3)cc2)C1)C(C)C. The smallest absolute Gasteiger partial charge is 0.407 e. The Morgan fingerprint density at radius 3 is 1.97 bits per heavy atom. The second-order valence-electron chi connectivity index (χ2n) is 16.0. The number of amides is 4. The van der Waals surface area contributed by atoms with Gasteiger partial charge in [-0.3, -0.25) is 9.59 Å². The van der Waals surface area contributed by atoms with Crippen LogP contribution in [0.2, 0.25) is 0 Å². The Bertz CT molecular complexity index is 2040. The minimum atomic E-state index is -0.726. The van der Waals surface area contributed by atoms with Gasteiger partial charge in [0.25, 0.3) is 0 Å². The fourth-order valence-electron chi connectivity index (χ4n) is 7.76. The summed E-state index contributed by atoms with van der Waals surface area (Å²) in [6.45, 7) is 10.0. The van der Waals surface area contributed by atoms with E-state index in [9.17, 15) is 19.2 Å². The van der Waals surface area contributed by atoms with Crippen LogP contribution in [-0.2, 0) is 37.0 Å². The Labute approximate surface area is 346 Å². The van der Waals surface area contributed by atoms with E-state index >= 15 is 0 Å². The van der Waals surface area contributed by atoms with Crippen LogP contribution in [0.5, 0.6) is 0 Å². The van der Waals surface area contributed by atoms with Crippen molar-refractivity contribution in [2.75, 3.05) is 33.9 Å². The molecule has 2 aromatic heterocycles. The number of alkyl carbamates (subject to hydrolysis) is 2. The van der Waals surface area contributed by atoms with Crippen LogP contribution in [-0.4, -0.2) is 99.7 Å². The molecule has 3 atom stereocenters. The van der Waals surface area contributed by atoms with Crippen molar-refractivity contribution >= 4 is 24.0 Å². The number of nitrogens with zero attached hydrogens (tertiary/aromatic N) is 4.